The van der Waals surface area contributed by atoms with Gasteiger partial charge in [-0.05, 0) is 19.4 Å². The first-order chi connectivity index (χ1) is 7.59. The third-order valence-corrected chi connectivity index (χ3v) is 2.61. The molecule has 1 aliphatic heterocycles. The number of hydrogen-bond acceptors (Lipinski definition) is 5. The largest absolute Gasteiger partial charge is 0.379 e. The molecule has 0 aliphatic carbocycles. The average molecular weight is 223 g/mol. The number of nitrogens with one attached hydrogen (secondary N) is 1. The van der Waals surface area contributed by atoms with E-state index in [1.807, 2.05) is 6.92 Å². The molecule has 1 aliphatic rings. The first-order valence-corrected chi connectivity index (χ1v) is 5.05. The lowest BCUT2D eigenvalue weighted by molar-refractivity contribution is -0.385. The van der Waals surface area contributed by atoms with Gasteiger partial charge in [0.05, 0.1) is 17.1 Å². The molecule has 1 unspecified atom stereocenters. The summed E-state index contributed by atoms with van der Waals surface area (Å²) in [6.45, 7) is 3.41. The maximum absolute atomic E-state index is 10.4. The van der Waals surface area contributed by atoms with Gasteiger partial charge < -0.3 is 10.1 Å². The molecule has 1 aromatic rings. The molecule has 0 radical (unpaired) electrons. The van der Waals surface area contributed by atoms with Crippen molar-refractivity contribution in [2.45, 2.75) is 18.9 Å². The van der Waals surface area contributed by atoms with Gasteiger partial charge in [-0.1, -0.05) is 0 Å². The zero-order chi connectivity index (χ0) is 11.6. The molecule has 2 heterocycles. The summed E-state index contributed by atoms with van der Waals surface area (Å²) in [4.78, 5) is 14.0. The highest BCUT2D eigenvalue weighted by Crippen LogP contribution is 2.23. The zero-order valence-electron chi connectivity index (χ0n) is 8.97. The van der Waals surface area contributed by atoms with Gasteiger partial charge in [-0.25, -0.2) is 4.98 Å². The molecule has 1 aromatic heterocycles. The molecule has 0 bridgehead atoms. The highest BCUT2D eigenvalue weighted by molar-refractivity contribution is 5.42. The Hall–Kier alpha value is -1.69. The van der Waals surface area contributed by atoms with E-state index in [-0.39, 0.29) is 11.2 Å². The SMILES string of the molecule is CC1(Nc2ccc([N+](=O)[O-])cn2)CCOC1. The average Bonchev–Trinajstić information content (AvgIpc) is 2.65. The van der Waals surface area contributed by atoms with Crippen LogP contribution in [0.2, 0.25) is 0 Å². The number of anilines is 1. The van der Waals surface area contributed by atoms with Gasteiger partial charge in [0.25, 0.3) is 5.69 Å². The van der Waals surface area contributed by atoms with E-state index in [0.717, 1.165) is 13.0 Å². The van der Waals surface area contributed by atoms with Crippen LogP contribution in [0.4, 0.5) is 11.5 Å². The van der Waals surface area contributed by atoms with Crippen LogP contribution in [0.3, 0.4) is 0 Å². The second-order valence-corrected chi connectivity index (χ2v) is 4.15. The van der Waals surface area contributed by atoms with E-state index in [2.05, 4.69) is 10.3 Å². The van der Waals surface area contributed by atoms with Crippen LogP contribution < -0.4 is 5.32 Å². The van der Waals surface area contributed by atoms with Gasteiger partial charge >= 0.3 is 0 Å². The third kappa shape index (κ3) is 2.27. The number of aromatic nitrogens is 1. The predicted octanol–water partition coefficient (Wildman–Crippen LogP) is 1.58. The summed E-state index contributed by atoms with van der Waals surface area (Å²) in [7, 11) is 0. The summed E-state index contributed by atoms with van der Waals surface area (Å²) in [6, 6.07) is 3.05. The van der Waals surface area contributed by atoms with Crippen LogP contribution in [0.15, 0.2) is 18.3 Å². The molecule has 0 amide bonds. The molecule has 86 valence electrons. The van der Waals surface area contributed by atoms with Crippen molar-refractivity contribution < 1.29 is 9.66 Å². The lowest BCUT2D eigenvalue weighted by Crippen LogP contribution is -2.35. The quantitative estimate of drug-likeness (QED) is 0.621. The summed E-state index contributed by atoms with van der Waals surface area (Å²) < 4.78 is 5.30. The van der Waals surface area contributed by atoms with E-state index >= 15 is 0 Å². The van der Waals surface area contributed by atoms with Crippen molar-refractivity contribution in [3.63, 3.8) is 0 Å². The molecule has 2 rings (SSSR count). The maximum atomic E-state index is 10.4. The van der Waals surface area contributed by atoms with E-state index in [4.69, 9.17) is 4.74 Å². The van der Waals surface area contributed by atoms with Crippen LogP contribution >= 0.6 is 0 Å². The molecule has 1 fully saturated rings. The van der Waals surface area contributed by atoms with Crippen LogP contribution in [-0.2, 0) is 4.74 Å². The van der Waals surface area contributed by atoms with Crippen molar-refractivity contribution >= 4 is 11.5 Å². The molecule has 6 nitrogen and oxygen atoms in total. The first kappa shape index (κ1) is 10.8. The second kappa shape index (κ2) is 4.05. The molecular weight excluding hydrogens is 210 g/mol. The fraction of sp³-hybridized carbons (Fsp3) is 0.500. The van der Waals surface area contributed by atoms with Crippen molar-refractivity contribution in [1.29, 1.82) is 0 Å². The van der Waals surface area contributed by atoms with Gasteiger partial charge in [0.2, 0.25) is 0 Å². The number of nitrogens with zero attached hydrogens (tertiary/aromatic N) is 2. The lowest BCUT2D eigenvalue weighted by atomic mass is 10.0. The fourth-order valence-corrected chi connectivity index (χ4v) is 1.64. The monoisotopic (exact) mass is 223 g/mol. The Kier molecular flexibility index (Phi) is 2.74. The number of pyridine rings is 1. The van der Waals surface area contributed by atoms with Crippen LogP contribution in [0.5, 0.6) is 0 Å². The standard InChI is InChI=1S/C10H13N3O3/c1-10(4-5-16-7-10)12-9-3-2-8(6-11-9)13(14)15/h2-3,6H,4-5,7H2,1H3,(H,11,12). The minimum absolute atomic E-state index is 0.00150. The Morgan fingerprint density at radius 1 is 1.62 bits per heavy atom. The Bertz CT molecular complexity index is 385. The van der Waals surface area contributed by atoms with E-state index in [0.29, 0.717) is 12.4 Å². The molecule has 0 aromatic carbocycles. The first-order valence-electron chi connectivity index (χ1n) is 5.05. The molecule has 1 atom stereocenters. The van der Waals surface area contributed by atoms with Gasteiger partial charge in [0, 0.05) is 12.7 Å². The summed E-state index contributed by atoms with van der Waals surface area (Å²) in [5, 5.41) is 13.7. The van der Waals surface area contributed by atoms with Gasteiger partial charge in [-0.2, -0.15) is 0 Å². The van der Waals surface area contributed by atoms with Gasteiger partial charge in [-0.3, -0.25) is 10.1 Å². The van der Waals surface area contributed by atoms with Crippen LogP contribution in [0, 0.1) is 10.1 Å². The number of hydrogen-bond donors (Lipinski definition) is 1. The molecule has 16 heavy (non-hydrogen) atoms. The molecular formula is C10H13N3O3. The summed E-state index contributed by atoms with van der Waals surface area (Å²) >= 11 is 0. The van der Waals surface area contributed by atoms with Crippen LogP contribution in [-0.4, -0.2) is 28.7 Å². The van der Waals surface area contributed by atoms with Crippen molar-refractivity contribution in [3.05, 3.63) is 28.4 Å². The Morgan fingerprint density at radius 2 is 2.44 bits per heavy atom. The van der Waals surface area contributed by atoms with Crippen LogP contribution in [0.25, 0.3) is 0 Å². The fourth-order valence-electron chi connectivity index (χ4n) is 1.64. The Morgan fingerprint density at radius 3 is 2.94 bits per heavy atom. The predicted molar refractivity (Wildman–Crippen MR) is 58.4 cm³/mol. The van der Waals surface area contributed by atoms with E-state index in [9.17, 15) is 10.1 Å². The van der Waals surface area contributed by atoms with Crippen molar-refractivity contribution in [3.8, 4) is 0 Å². The van der Waals surface area contributed by atoms with Crippen LogP contribution in [0.1, 0.15) is 13.3 Å². The third-order valence-electron chi connectivity index (χ3n) is 2.61. The normalized spacial score (nSPS) is 24.3. The minimum Gasteiger partial charge on any atom is -0.379 e. The number of nitro groups is 1. The van der Waals surface area contributed by atoms with Gasteiger partial charge in [-0.15, -0.1) is 0 Å². The van der Waals surface area contributed by atoms with E-state index in [1.165, 1.54) is 12.3 Å². The second-order valence-electron chi connectivity index (χ2n) is 4.15. The Balaban J connectivity index is 2.07. The maximum Gasteiger partial charge on any atom is 0.287 e. The highest BCUT2D eigenvalue weighted by Gasteiger charge is 2.29. The summed E-state index contributed by atoms with van der Waals surface area (Å²) in [5.41, 5.74) is -0.123. The van der Waals surface area contributed by atoms with Crippen molar-refractivity contribution in [1.82, 2.24) is 4.98 Å². The molecule has 1 N–H and O–H groups in total. The van der Waals surface area contributed by atoms with Gasteiger partial charge in [0.1, 0.15) is 12.0 Å². The summed E-state index contributed by atoms with van der Waals surface area (Å²) in [6.07, 6.45) is 2.16. The topological polar surface area (TPSA) is 77.3 Å². The summed E-state index contributed by atoms with van der Waals surface area (Å²) in [5.74, 6) is 0.638. The minimum atomic E-state index is -0.461. The van der Waals surface area contributed by atoms with Crippen molar-refractivity contribution in [2.75, 3.05) is 18.5 Å². The smallest absolute Gasteiger partial charge is 0.287 e. The number of rotatable bonds is 3. The Labute approximate surface area is 92.8 Å². The van der Waals surface area contributed by atoms with E-state index in [1.54, 1.807) is 6.07 Å². The zero-order valence-corrected chi connectivity index (χ0v) is 8.97. The number of ether oxygens (including phenoxy) is 1. The van der Waals surface area contributed by atoms with Gasteiger partial charge in [0.15, 0.2) is 0 Å². The lowest BCUT2D eigenvalue weighted by Gasteiger charge is -2.23. The highest BCUT2D eigenvalue weighted by atomic mass is 16.6. The molecule has 1 saturated heterocycles. The van der Waals surface area contributed by atoms with Crippen molar-refractivity contribution in [2.24, 2.45) is 0 Å². The molecule has 0 saturated carbocycles. The molecule has 0 spiro atoms. The van der Waals surface area contributed by atoms with E-state index < -0.39 is 4.92 Å². The molecule has 6 heteroatoms.